The Morgan fingerprint density at radius 1 is 1.46 bits per heavy atom. The van der Waals surface area contributed by atoms with Crippen LogP contribution >= 0.6 is 0 Å². The monoisotopic (exact) mass is 181 g/mol. The molecule has 0 saturated heterocycles. The standard InChI is InChI=1S/C10H15NO2/c1-7-5-8(12)6-10(13-2)9(7)3-4-11/h5-6,12H,3-4,11H2,1-2H3. The molecule has 1 aromatic carbocycles. The third-order valence-corrected chi connectivity index (χ3v) is 2.03. The predicted molar refractivity (Wildman–Crippen MR) is 52.2 cm³/mol. The van der Waals surface area contributed by atoms with Crippen LogP contribution in [0.25, 0.3) is 0 Å². The summed E-state index contributed by atoms with van der Waals surface area (Å²) in [4.78, 5) is 0. The molecule has 0 fully saturated rings. The van der Waals surface area contributed by atoms with Gasteiger partial charge >= 0.3 is 0 Å². The molecule has 0 spiro atoms. The van der Waals surface area contributed by atoms with Gasteiger partial charge in [-0.25, -0.2) is 0 Å². The highest BCUT2D eigenvalue weighted by Crippen LogP contribution is 2.27. The number of benzene rings is 1. The van der Waals surface area contributed by atoms with Crippen LogP contribution in [0.15, 0.2) is 12.1 Å². The van der Waals surface area contributed by atoms with Gasteiger partial charge in [0.2, 0.25) is 0 Å². The zero-order valence-corrected chi connectivity index (χ0v) is 8.00. The molecule has 0 atom stereocenters. The quantitative estimate of drug-likeness (QED) is 0.737. The van der Waals surface area contributed by atoms with Gasteiger partial charge in [-0.15, -0.1) is 0 Å². The SMILES string of the molecule is COc1cc(O)cc(C)c1CCN. The molecule has 72 valence electrons. The van der Waals surface area contributed by atoms with Crippen molar-refractivity contribution in [2.24, 2.45) is 5.73 Å². The zero-order chi connectivity index (χ0) is 9.84. The van der Waals surface area contributed by atoms with Crippen molar-refractivity contribution in [3.63, 3.8) is 0 Å². The summed E-state index contributed by atoms with van der Waals surface area (Å²) >= 11 is 0. The van der Waals surface area contributed by atoms with Crippen molar-refractivity contribution in [1.29, 1.82) is 0 Å². The third-order valence-electron chi connectivity index (χ3n) is 2.03. The molecule has 0 saturated carbocycles. The fraction of sp³-hybridized carbons (Fsp3) is 0.400. The molecule has 0 aliphatic rings. The van der Waals surface area contributed by atoms with Crippen LogP contribution in [0.5, 0.6) is 11.5 Å². The number of rotatable bonds is 3. The van der Waals surface area contributed by atoms with Crippen LogP contribution in [0.3, 0.4) is 0 Å². The summed E-state index contributed by atoms with van der Waals surface area (Å²) in [5.41, 5.74) is 7.56. The summed E-state index contributed by atoms with van der Waals surface area (Å²) in [6, 6.07) is 3.32. The average molecular weight is 181 g/mol. The molecule has 0 unspecified atom stereocenters. The summed E-state index contributed by atoms with van der Waals surface area (Å²) in [6.07, 6.45) is 0.773. The van der Waals surface area contributed by atoms with Gasteiger partial charge in [-0.3, -0.25) is 0 Å². The van der Waals surface area contributed by atoms with Gasteiger partial charge in [0.25, 0.3) is 0 Å². The Balaban J connectivity index is 3.13. The summed E-state index contributed by atoms with van der Waals surface area (Å²) in [6.45, 7) is 2.52. The second-order valence-corrected chi connectivity index (χ2v) is 2.98. The Bertz CT molecular complexity index is 297. The van der Waals surface area contributed by atoms with E-state index >= 15 is 0 Å². The van der Waals surface area contributed by atoms with Gasteiger partial charge in [-0.2, -0.15) is 0 Å². The first kappa shape index (κ1) is 9.86. The summed E-state index contributed by atoms with van der Waals surface area (Å²) in [7, 11) is 1.59. The van der Waals surface area contributed by atoms with Crippen LogP contribution in [-0.4, -0.2) is 18.8 Å². The molecular weight excluding hydrogens is 166 g/mol. The van der Waals surface area contributed by atoms with E-state index in [1.807, 2.05) is 6.92 Å². The van der Waals surface area contributed by atoms with Crippen LogP contribution in [-0.2, 0) is 6.42 Å². The fourth-order valence-corrected chi connectivity index (χ4v) is 1.41. The number of phenols is 1. The highest BCUT2D eigenvalue weighted by molar-refractivity contribution is 5.45. The Labute approximate surface area is 78.1 Å². The number of aryl methyl sites for hydroxylation is 1. The van der Waals surface area contributed by atoms with Crippen molar-refractivity contribution >= 4 is 0 Å². The Morgan fingerprint density at radius 3 is 2.69 bits per heavy atom. The number of phenolic OH excluding ortho intramolecular Hbond substituents is 1. The lowest BCUT2D eigenvalue weighted by Crippen LogP contribution is -2.05. The van der Waals surface area contributed by atoms with E-state index in [9.17, 15) is 5.11 Å². The molecule has 1 rings (SSSR count). The largest absolute Gasteiger partial charge is 0.508 e. The van der Waals surface area contributed by atoms with Crippen molar-refractivity contribution in [3.05, 3.63) is 23.3 Å². The number of hydrogen-bond donors (Lipinski definition) is 2. The first-order valence-electron chi connectivity index (χ1n) is 4.25. The summed E-state index contributed by atoms with van der Waals surface area (Å²) in [5.74, 6) is 0.943. The minimum Gasteiger partial charge on any atom is -0.508 e. The maximum absolute atomic E-state index is 9.31. The van der Waals surface area contributed by atoms with E-state index in [-0.39, 0.29) is 5.75 Å². The van der Waals surface area contributed by atoms with Crippen molar-refractivity contribution in [1.82, 2.24) is 0 Å². The van der Waals surface area contributed by atoms with Crippen LogP contribution in [0.1, 0.15) is 11.1 Å². The number of methoxy groups -OCH3 is 1. The summed E-state index contributed by atoms with van der Waals surface area (Å²) < 4.78 is 5.14. The number of hydrogen-bond acceptors (Lipinski definition) is 3. The van der Waals surface area contributed by atoms with Crippen molar-refractivity contribution in [2.75, 3.05) is 13.7 Å². The molecule has 0 radical (unpaired) electrons. The molecule has 0 aliphatic carbocycles. The number of nitrogens with two attached hydrogens (primary N) is 1. The van der Waals surface area contributed by atoms with Crippen LogP contribution < -0.4 is 10.5 Å². The minimum atomic E-state index is 0.232. The van der Waals surface area contributed by atoms with Gasteiger partial charge in [0.1, 0.15) is 11.5 Å². The van der Waals surface area contributed by atoms with Gasteiger partial charge in [0, 0.05) is 6.07 Å². The molecule has 1 aromatic rings. The lowest BCUT2D eigenvalue weighted by atomic mass is 10.0. The van der Waals surface area contributed by atoms with E-state index in [0.29, 0.717) is 12.3 Å². The molecule has 3 heteroatoms. The van der Waals surface area contributed by atoms with E-state index < -0.39 is 0 Å². The van der Waals surface area contributed by atoms with E-state index in [4.69, 9.17) is 10.5 Å². The molecule has 13 heavy (non-hydrogen) atoms. The lowest BCUT2D eigenvalue weighted by Gasteiger charge is -2.11. The Kier molecular flexibility index (Phi) is 3.14. The average Bonchev–Trinajstić information content (AvgIpc) is 2.09. The molecule has 0 bridgehead atoms. The van der Waals surface area contributed by atoms with Crippen molar-refractivity contribution in [2.45, 2.75) is 13.3 Å². The molecule has 3 N–H and O–H groups in total. The molecule has 0 amide bonds. The minimum absolute atomic E-state index is 0.232. The molecule has 0 aliphatic heterocycles. The van der Waals surface area contributed by atoms with Gasteiger partial charge in [0.15, 0.2) is 0 Å². The normalized spacial score (nSPS) is 10.1. The van der Waals surface area contributed by atoms with E-state index in [1.54, 1.807) is 19.2 Å². The second kappa shape index (κ2) is 4.14. The molecular formula is C10H15NO2. The van der Waals surface area contributed by atoms with Gasteiger partial charge in [-0.1, -0.05) is 0 Å². The smallest absolute Gasteiger partial charge is 0.126 e. The van der Waals surface area contributed by atoms with Gasteiger partial charge < -0.3 is 15.6 Å². The van der Waals surface area contributed by atoms with Crippen LogP contribution in [0, 0.1) is 6.92 Å². The topological polar surface area (TPSA) is 55.5 Å². The first-order valence-corrected chi connectivity index (χ1v) is 4.25. The van der Waals surface area contributed by atoms with E-state index in [1.165, 1.54) is 0 Å². The molecule has 0 aromatic heterocycles. The Hall–Kier alpha value is -1.22. The number of ether oxygens (including phenoxy) is 1. The second-order valence-electron chi connectivity index (χ2n) is 2.98. The van der Waals surface area contributed by atoms with Gasteiger partial charge in [-0.05, 0) is 37.1 Å². The molecule has 0 heterocycles. The zero-order valence-electron chi connectivity index (χ0n) is 8.00. The lowest BCUT2D eigenvalue weighted by molar-refractivity contribution is 0.402. The highest BCUT2D eigenvalue weighted by atomic mass is 16.5. The number of aromatic hydroxyl groups is 1. The maximum atomic E-state index is 9.31. The van der Waals surface area contributed by atoms with Crippen LogP contribution in [0.2, 0.25) is 0 Å². The maximum Gasteiger partial charge on any atom is 0.126 e. The highest BCUT2D eigenvalue weighted by Gasteiger charge is 2.07. The van der Waals surface area contributed by atoms with E-state index in [2.05, 4.69) is 0 Å². The third kappa shape index (κ3) is 2.12. The Morgan fingerprint density at radius 2 is 2.15 bits per heavy atom. The van der Waals surface area contributed by atoms with E-state index in [0.717, 1.165) is 17.5 Å². The van der Waals surface area contributed by atoms with Crippen molar-refractivity contribution in [3.8, 4) is 11.5 Å². The molecule has 3 nitrogen and oxygen atoms in total. The predicted octanol–water partition coefficient (Wildman–Crippen LogP) is 1.21. The first-order chi connectivity index (χ1) is 6.19. The van der Waals surface area contributed by atoms with Crippen LogP contribution in [0.4, 0.5) is 0 Å². The van der Waals surface area contributed by atoms with Crippen molar-refractivity contribution < 1.29 is 9.84 Å². The fourth-order valence-electron chi connectivity index (χ4n) is 1.41. The van der Waals surface area contributed by atoms with Gasteiger partial charge in [0.05, 0.1) is 7.11 Å². The summed E-state index contributed by atoms with van der Waals surface area (Å²) in [5, 5.41) is 9.31.